The monoisotopic (exact) mass is 324 g/mol. The smallest absolute Gasteiger partial charge is 0.339 e. The van der Waals surface area contributed by atoms with Crippen molar-refractivity contribution in [3.8, 4) is 0 Å². The molecule has 4 bridgehead atoms. The van der Waals surface area contributed by atoms with Crippen molar-refractivity contribution >= 4 is 17.7 Å². The summed E-state index contributed by atoms with van der Waals surface area (Å²) < 4.78 is 22.2. The van der Waals surface area contributed by atoms with Gasteiger partial charge in [-0.1, -0.05) is 6.92 Å². The third-order valence-electron chi connectivity index (χ3n) is 6.62. The van der Waals surface area contributed by atoms with Gasteiger partial charge in [0.25, 0.3) is 0 Å². The molecule has 1 N–H and O–H groups in total. The average molecular weight is 324 g/mol. The van der Waals surface area contributed by atoms with Gasteiger partial charge in [0.2, 0.25) is 6.29 Å². The SMILES string of the molecule is C[C@@]12C[C@H]3OC(=O)[C@@H]1CO[C@@H]1O[C@@]4([C@H](O)C(=O)O[C@@]34C)[C@H]2C1=O. The molecule has 1 aliphatic carbocycles. The van der Waals surface area contributed by atoms with Gasteiger partial charge >= 0.3 is 11.9 Å². The van der Waals surface area contributed by atoms with E-state index in [2.05, 4.69) is 0 Å². The summed E-state index contributed by atoms with van der Waals surface area (Å²) in [6.07, 6.45) is -3.22. The van der Waals surface area contributed by atoms with Crippen molar-refractivity contribution in [3.63, 3.8) is 0 Å². The molecular formula is C15H16O8. The van der Waals surface area contributed by atoms with E-state index in [0.29, 0.717) is 6.42 Å². The van der Waals surface area contributed by atoms with Gasteiger partial charge in [-0.15, -0.1) is 0 Å². The number of rotatable bonds is 0. The van der Waals surface area contributed by atoms with Crippen LogP contribution in [0, 0.1) is 17.3 Å². The van der Waals surface area contributed by atoms with Gasteiger partial charge in [0.15, 0.2) is 23.1 Å². The van der Waals surface area contributed by atoms with Gasteiger partial charge in [-0.2, -0.15) is 0 Å². The van der Waals surface area contributed by atoms with Crippen molar-refractivity contribution in [1.29, 1.82) is 0 Å². The van der Waals surface area contributed by atoms with E-state index >= 15 is 0 Å². The van der Waals surface area contributed by atoms with Gasteiger partial charge in [-0.05, 0) is 18.8 Å². The topological polar surface area (TPSA) is 108 Å². The minimum atomic E-state index is -1.62. The molecule has 0 unspecified atom stereocenters. The van der Waals surface area contributed by atoms with Gasteiger partial charge in [0.1, 0.15) is 6.10 Å². The predicted octanol–water partition coefficient (Wildman–Crippen LogP) is -1.07. The number of esters is 2. The quantitative estimate of drug-likeness (QED) is 0.561. The Morgan fingerprint density at radius 3 is 2.65 bits per heavy atom. The molecule has 0 aromatic rings. The molecule has 0 aromatic heterocycles. The summed E-state index contributed by atoms with van der Waals surface area (Å²) in [5.41, 5.74) is -3.81. The second kappa shape index (κ2) is 3.60. The zero-order chi connectivity index (χ0) is 16.4. The Balaban J connectivity index is 1.83. The number of carbonyl (C=O) groups excluding carboxylic acids is 3. The number of ether oxygens (including phenoxy) is 4. The van der Waals surface area contributed by atoms with Crippen LogP contribution in [-0.4, -0.2) is 59.1 Å². The molecule has 4 aliphatic heterocycles. The Bertz CT molecular complexity index is 674. The number of hydrogen-bond acceptors (Lipinski definition) is 8. The maximum Gasteiger partial charge on any atom is 0.339 e. The highest BCUT2D eigenvalue weighted by Crippen LogP contribution is 2.67. The van der Waals surface area contributed by atoms with Crippen molar-refractivity contribution < 1.29 is 38.4 Å². The molecule has 1 saturated carbocycles. The predicted molar refractivity (Wildman–Crippen MR) is 68.7 cm³/mol. The molecule has 5 aliphatic rings. The van der Waals surface area contributed by atoms with E-state index in [1.165, 1.54) is 0 Å². The minimum Gasteiger partial charge on any atom is -0.458 e. The lowest BCUT2D eigenvalue weighted by atomic mass is 9.49. The standard InChI is InChI=1S/C15H16O8/c1-13-3-6-14(2)15(9(17)11(19)22-14)8(13)7(16)12(23-15)20-4-5(13)10(18)21-6/h5-6,8-9,12,17H,3-4H2,1-2H3/t5-,6+,8-,9+,12+,13+,14-,15+/m0/s1. The summed E-state index contributed by atoms with van der Waals surface area (Å²) >= 11 is 0. The van der Waals surface area contributed by atoms with Crippen LogP contribution in [0.2, 0.25) is 0 Å². The number of Topliss-reactive ketones (excluding diaryl/α,β-unsaturated/α-hetero) is 1. The van der Waals surface area contributed by atoms with E-state index in [1.807, 2.05) is 6.92 Å². The fourth-order valence-corrected chi connectivity index (χ4v) is 5.46. The molecule has 5 fully saturated rings. The zero-order valence-electron chi connectivity index (χ0n) is 12.6. The van der Waals surface area contributed by atoms with Crippen LogP contribution in [0.5, 0.6) is 0 Å². The van der Waals surface area contributed by atoms with Crippen LogP contribution in [0.3, 0.4) is 0 Å². The van der Waals surface area contributed by atoms with E-state index in [1.54, 1.807) is 6.92 Å². The first-order valence-electron chi connectivity index (χ1n) is 7.70. The Hall–Kier alpha value is -1.51. The number of carbonyl (C=O) groups is 3. The molecule has 8 heteroatoms. The summed E-state index contributed by atoms with van der Waals surface area (Å²) in [4.78, 5) is 37.4. The van der Waals surface area contributed by atoms with Crippen LogP contribution in [0.4, 0.5) is 0 Å². The first kappa shape index (κ1) is 13.9. The van der Waals surface area contributed by atoms with Gasteiger partial charge in [0.05, 0.1) is 18.4 Å². The van der Waals surface area contributed by atoms with Crippen LogP contribution in [-0.2, 0) is 33.3 Å². The lowest BCUT2D eigenvalue weighted by Gasteiger charge is -2.60. The Morgan fingerprint density at radius 1 is 1.17 bits per heavy atom. The van der Waals surface area contributed by atoms with Crippen molar-refractivity contribution in [2.45, 2.75) is 50.0 Å². The number of ketones is 1. The maximum absolute atomic E-state index is 12.9. The van der Waals surface area contributed by atoms with Crippen LogP contribution >= 0.6 is 0 Å². The van der Waals surface area contributed by atoms with Gasteiger partial charge in [0, 0.05) is 0 Å². The summed E-state index contributed by atoms with van der Waals surface area (Å²) in [5, 5.41) is 10.6. The van der Waals surface area contributed by atoms with Crippen LogP contribution in [0.1, 0.15) is 20.3 Å². The van der Waals surface area contributed by atoms with E-state index in [4.69, 9.17) is 18.9 Å². The minimum absolute atomic E-state index is 0.0205. The molecule has 8 atom stereocenters. The fourth-order valence-electron chi connectivity index (χ4n) is 5.46. The van der Waals surface area contributed by atoms with Gasteiger partial charge in [-0.3, -0.25) is 9.59 Å². The number of aliphatic hydroxyl groups is 1. The van der Waals surface area contributed by atoms with Gasteiger partial charge < -0.3 is 24.1 Å². The largest absolute Gasteiger partial charge is 0.458 e. The second-order valence-corrected chi connectivity index (χ2v) is 7.53. The van der Waals surface area contributed by atoms with Crippen molar-refractivity contribution in [2.75, 3.05) is 6.61 Å². The molecule has 0 radical (unpaired) electrons. The number of aliphatic hydroxyl groups excluding tert-OH is 1. The van der Waals surface area contributed by atoms with E-state index in [-0.39, 0.29) is 12.4 Å². The molecule has 0 aromatic carbocycles. The summed E-state index contributed by atoms with van der Waals surface area (Å²) in [6, 6.07) is 0. The summed E-state index contributed by atoms with van der Waals surface area (Å²) in [5.74, 6) is -3.16. The third kappa shape index (κ3) is 1.17. The van der Waals surface area contributed by atoms with Crippen molar-refractivity contribution in [1.82, 2.24) is 0 Å². The molecular weight excluding hydrogens is 308 g/mol. The first-order chi connectivity index (χ1) is 10.8. The lowest BCUT2D eigenvalue weighted by molar-refractivity contribution is -0.316. The summed E-state index contributed by atoms with van der Waals surface area (Å²) in [7, 11) is 0. The molecule has 4 heterocycles. The van der Waals surface area contributed by atoms with E-state index in [0.717, 1.165) is 0 Å². The summed E-state index contributed by atoms with van der Waals surface area (Å²) in [6.45, 7) is 3.39. The first-order valence-corrected chi connectivity index (χ1v) is 7.70. The number of hydrogen-bond donors (Lipinski definition) is 1. The fraction of sp³-hybridized carbons (Fsp3) is 0.800. The highest BCUT2D eigenvalue weighted by atomic mass is 16.7. The van der Waals surface area contributed by atoms with Crippen LogP contribution < -0.4 is 0 Å². The Morgan fingerprint density at radius 2 is 1.91 bits per heavy atom. The normalized spacial score (nSPS) is 59.4. The Kier molecular flexibility index (Phi) is 2.17. The van der Waals surface area contributed by atoms with Gasteiger partial charge in [-0.25, -0.2) is 4.79 Å². The van der Waals surface area contributed by atoms with Crippen LogP contribution in [0.25, 0.3) is 0 Å². The second-order valence-electron chi connectivity index (χ2n) is 7.53. The van der Waals surface area contributed by atoms with Crippen molar-refractivity contribution in [2.24, 2.45) is 17.3 Å². The highest BCUT2D eigenvalue weighted by molar-refractivity contribution is 5.94. The Labute approximate surface area is 131 Å². The lowest BCUT2D eigenvalue weighted by Crippen LogP contribution is -2.75. The maximum atomic E-state index is 12.9. The zero-order valence-corrected chi connectivity index (χ0v) is 12.6. The number of fused-ring (bicyclic) bond motifs is 3. The average Bonchev–Trinajstić information content (AvgIpc) is 2.82. The van der Waals surface area contributed by atoms with E-state index < -0.39 is 58.9 Å². The third-order valence-corrected chi connectivity index (χ3v) is 6.62. The molecule has 23 heavy (non-hydrogen) atoms. The molecule has 4 saturated heterocycles. The molecule has 5 rings (SSSR count). The highest BCUT2D eigenvalue weighted by Gasteiger charge is 2.85. The molecule has 1 spiro atoms. The van der Waals surface area contributed by atoms with E-state index in [9.17, 15) is 19.5 Å². The molecule has 8 nitrogen and oxygen atoms in total. The van der Waals surface area contributed by atoms with Crippen LogP contribution in [0.15, 0.2) is 0 Å². The van der Waals surface area contributed by atoms with Crippen molar-refractivity contribution in [3.05, 3.63) is 0 Å². The molecule has 124 valence electrons. The molecule has 0 amide bonds.